The van der Waals surface area contributed by atoms with Crippen molar-refractivity contribution in [2.75, 3.05) is 19.6 Å². The molecule has 12 heavy (non-hydrogen) atoms. The van der Waals surface area contributed by atoms with Crippen molar-refractivity contribution in [1.29, 1.82) is 0 Å². The number of hydrogen-bond acceptors (Lipinski definition) is 4. The molecule has 0 aromatic rings. The first-order chi connectivity index (χ1) is 5.31. The third-order valence-corrected chi connectivity index (χ3v) is 1.77. The van der Waals surface area contributed by atoms with Gasteiger partial charge in [-0.3, -0.25) is 0 Å². The summed E-state index contributed by atoms with van der Waals surface area (Å²) in [5.74, 6) is 0. The Bertz CT molecular complexity index is 77.5. The normalized spacial score (nSPS) is 12.2. The van der Waals surface area contributed by atoms with Gasteiger partial charge in [0.05, 0.1) is 0 Å². The van der Waals surface area contributed by atoms with E-state index in [2.05, 4.69) is 12.2 Å². The third-order valence-electron chi connectivity index (χ3n) is 1.77. The maximum atomic E-state index is 5.72. The summed E-state index contributed by atoms with van der Waals surface area (Å²) in [4.78, 5) is 0. The zero-order valence-electron chi connectivity index (χ0n) is 8.18. The van der Waals surface area contributed by atoms with Crippen molar-refractivity contribution >= 4 is 0 Å². The van der Waals surface area contributed by atoms with E-state index in [1.54, 1.807) is 0 Å². The Kier molecular flexibility index (Phi) is 13.0. The van der Waals surface area contributed by atoms with Crippen LogP contribution in [0.3, 0.4) is 0 Å². The fourth-order valence-corrected chi connectivity index (χ4v) is 0.844. The molecule has 0 heterocycles. The summed E-state index contributed by atoms with van der Waals surface area (Å²) in [6.45, 7) is 4.93. The van der Waals surface area contributed by atoms with Crippen LogP contribution in [-0.2, 0) is 0 Å². The van der Waals surface area contributed by atoms with E-state index in [1.807, 2.05) is 0 Å². The molecule has 0 aliphatic heterocycles. The number of hydrogen-bond donors (Lipinski definition) is 4. The number of nitrogens with one attached hydrogen (secondary N) is 1. The van der Waals surface area contributed by atoms with Gasteiger partial charge in [0, 0.05) is 6.04 Å². The molecule has 0 amide bonds. The lowest BCUT2D eigenvalue weighted by molar-refractivity contribution is 0.545. The minimum absolute atomic E-state index is 0. The topological polar surface area (TPSA) is 99.1 Å². The highest BCUT2D eigenvalue weighted by atomic mass is 14.9. The molecule has 0 aliphatic rings. The second-order valence-electron chi connectivity index (χ2n) is 2.85. The molecular weight excluding hydrogens is 152 g/mol. The highest BCUT2D eigenvalue weighted by molar-refractivity contribution is 4.60. The van der Waals surface area contributed by atoms with Crippen molar-refractivity contribution < 1.29 is 0 Å². The van der Waals surface area contributed by atoms with Crippen molar-refractivity contribution in [2.45, 2.75) is 32.2 Å². The van der Waals surface area contributed by atoms with Crippen LogP contribution >= 0.6 is 0 Å². The molecule has 76 valence electrons. The van der Waals surface area contributed by atoms with Crippen LogP contribution in [0.5, 0.6) is 0 Å². The van der Waals surface area contributed by atoms with Gasteiger partial charge in [-0.1, -0.05) is 6.92 Å². The molecular formula is C8H24N4. The van der Waals surface area contributed by atoms with Crippen molar-refractivity contribution in [1.82, 2.24) is 11.5 Å². The summed E-state index contributed by atoms with van der Waals surface area (Å²) < 4.78 is 0. The van der Waals surface area contributed by atoms with Gasteiger partial charge in [-0.2, -0.15) is 0 Å². The van der Waals surface area contributed by atoms with E-state index in [0.29, 0.717) is 6.04 Å². The van der Waals surface area contributed by atoms with Gasteiger partial charge in [0.1, 0.15) is 0 Å². The van der Waals surface area contributed by atoms with Crippen LogP contribution < -0.4 is 22.9 Å². The molecule has 4 heteroatoms. The Labute approximate surface area is 75.7 Å². The Balaban J connectivity index is 0. The summed E-state index contributed by atoms with van der Waals surface area (Å²) in [6, 6.07) is 0.361. The maximum absolute atomic E-state index is 5.72. The summed E-state index contributed by atoms with van der Waals surface area (Å²) in [6.07, 6.45) is 3.20. The fraction of sp³-hybridized carbons (Fsp3) is 1.00. The Morgan fingerprint density at radius 3 is 2.50 bits per heavy atom. The van der Waals surface area contributed by atoms with E-state index >= 15 is 0 Å². The maximum Gasteiger partial charge on any atom is 0.00482 e. The predicted molar refractivity (Wildman–Crippen MR) is 54.4 cm³/mol. The van der Waals surface area contributed by atoms with Gasteiger partial charge in [-0.15, -0.1) is 0 Å². The molecule has 0 radical (unpaired) electrons. The summed E-state index contributed by atoms with van der Waals surface area (Å²) in [5, 5.41) is 3.29. The highest BCUT2D eigenvalue weighted by Gasteiger charge is 1.96. The van der Waals surface area contributed by atoms with Gasteiger partial charge in [-0.25, -0.2) is 0 Å². The van der Waals surface area contributed by atoms with Crippen LogP contribution in [0.2, 0.25) is 0 Å². The monoisotopic (exact) mass is 176 g/mol. The van der Waals surface area contributed by atoms with Crippen LogP contribution in [0.15, 0.2) is 0 Å². The molecule has 0 aliphatic carbocycles. The first kappa shape index (κ1) is 14.4. The second-order valence-corrected chi connectivity index (χ2v) is 2.85. The SMILES string of the molecule is CCC(N)CCNCCCN.N. The minimum Gasteiger partial charge on any atom is -0.344 e. The summed E-state index contributed by atoms with van der Waals surface area (Å²) in [7, 11) is 0. The second kappa shape index (κ2) is 10.8. The molecule has 8 N–H and O–H groups in total. The first-order valence-corrected chi connectivity index (χ1v) is 4.47. The molecule has 0 aromatic carbocycles. The van der Waals surface area contributed by atoms with Gasteiger partial charge in [-0.05, 0) is 38.9 Å². The van der Waals surface area contributed by atoms with E-state index in [9.17, 15) is 0 Å². The van der Waals surface area contributed by atoms with Gasteiger partial charge in [0.25, 0.3) is 0 Å². The van der Waals surface area contributed by atoms with E-state index in [0.717, 1.165) is 38.9 Å². The average Bonchev–Trinajstić information content (AvgIpc) is 2.04. The molecule has 0 fully saturated rings. The molecule has 0 bridgehead atoms. The number of nitrogens with two attached hydrogens (primary N) is 2. The largest absolute Gasteiger partial charge is 0.344 e. The summed E-state index contributed by atoms with van der Waals surface area (Å²) >= 11 is 0. The zero-order valence-corrected chi connectivity index (χ0v) is 8.18. The van der Waals surface area contributed by atoms with Crippen LogP contribution in [0, 0.1) is 0 Å². The Morgan fingerprint density at radius 1 is 1.33 bits per heavy atom. The Morgan fingerprint density at radius 2 is 2.00 bits per heavy atom. The van der Waals surface area contributed by atoms with Crippen LogP contribution in [0.1, 0.15) is 26.2 Å². The minimum atomic E-state index is 0. The molecule has 1 atom stereocenters. The van der Waals surface area contributed by atoms with E-state index in [1.165, 1.54) is 0 Å². The first-order valence-electron chi connectivity index (χ1n) is 4.47. The molecule has 0 spiro atoms. The van der Waals surface area contributed by atoms with Crippen molar-refractivity contribution in [3.8, 4) is 0 Å². The lowest BCUT2D eigenvalue weighted by atomic mass is 10.2. The van der Waals surface area contributed by atoms with E-state index in [-0.39, 0.29) is 6.15 Å². The molecule has 0 saturated carbocycles. The van der Waals surface area contributed by atoms with Crippen LogP contribution in [-0.4, -0.2) is 25.7 Å². The predicted octanol–water partition coefficient (Wildman–Crippen LogP) is 0.214. The van der Waals surface area contributed by atoms with Crippen LogP contribution in [0.4, 0.5) is 0 Å². The van der Waals surface area contributed by atoms with E-state index < -0.39 is 0 Å². The third kappa shape index (κ3) is 9.84. The van der Waals surface area contributed by atoms with Gasteiger partial charge in [0.2, 0.25) is 0 Å². The van der Waals surface area contributed by atoms with Gasteiger partial charge < -0.3 is 22.9 Å². The fourth-order valence-electron chi connectivity index (χ4n) is 0.844. The number of rotatable bonds is 7. The lowest BCUT2D eigenvalue weighted by Gasteiger charge is -2.08. The molecule has 4 nitrogen and oxygen atoms in total. The molecule has 0 saturated heterocycles. The van der Waals surface area contributed by atoms with Gasteiger partial charge in [0.15, 0.2) is 0 Å². The standard InChI is InChI=1S/C8H21N3.H3N/c1-2-8(10)4-7-11-6-3-5-9;/h8,11H,2-7,9-10H2,1H3;1H3. The average molecular weight is 176 g/mol. The smallest absolute Gasteiger partial charge is 0.00482 e. The zero-order chi connectivity index (χ0) is 8.53. The Hall–Kier alpha value is -0.160. The summed E-state index contributed by atoms with van der Waals surface area (Å²) in [5.41, 5.74) is 11.1. The van der Waals surface area contributed by atoms with Crippen molar-refractivity contribution in [3.63, 3.8) is 0 Å². The molecule has 0 rings (SSSR count). The van der Waals surface area contributed by atoms with Crippen molar-refractivity contribution in [3.05, 3.63) is 0 Å². The highest BCUT2D eigenvalue weighted by Crippen LogP contribution is 1.90. The van der Waals surface area contributed by atoms with E-state index in [4.69, 9.17) is 11.5 Å². The molecule has 0 aromatic heterocycles. The van der Waals surface area contributed by atoms with Gasteiger partial charge >= 0.3 is 0 Å². The molecule has 1 unspecified atom stereocenters. The van der Waals surface area contributed by atoms with Crippen molar-refractivity contribution in [2.24, 2.45) is 11.5 Å². The quantitative estimate of drug-likeness (QED) is 0.417. The lowest BCUT2D eigenvalue weighted by Crippen LogP contribution is -2.27. The van der Waals surface area contributed by atoms with Crippen LogP contribution in [0.25, 0.3) is 0 Å².